The molecule has 0 spiro atoms. The van der Waals surface area contributed by atoms with Gasteiger partial charge in [-0.1, -0.05) is 37.3 Å². The second-order valence-corrected chi connectivity index (χ2v) is 5.93. The van der Waals surface area contributed by atoms with Gasteiger partial charge in [-0.2, -0.15) is 0 Å². The molecule has 5 heteroatoms. The van der Waals surface area contributed by atoms with E-state index in [9.17, 15) is 9.18 Å². The van der Waals surface area contributed by atoms with Crippen LogP contribution >= 0.6 is 0 Å². The first kappa shape index (κ1) is 18.8. The molecule has 0 aliphatic carbocycles. The molecule has 134 valence electrons. The van der Waals surface area contributed by atoms with Crippen molar-refractivity contribution in [3.8, 4) is 11.5 Å². The standard InChI is InChI=1S/C20H24FNO3/c1-4-17(25-19-12-8-6-10-16(19)21)20(23)22-15(3)13-24-18-11-7-5-9-14(18)2/h5-12,15,17H,4,13H2,1-3H3,(H,22,23)/t15-,17-/m1/s1. The number of hydrogen-bond acceptors (Lipinski definition) is 3. The molecule has 0 aromatic heterocycles. The molecule has 0 fully saturated rings. The Hall–Kier alpha value is -2.56. The Kier molecular flexibility index (Phi) is 6.81. The van der Waals surface area contributed by atoms with Gasteiger partial charge in [-0.15, -0.1) is 0 Å². The van der Waals surface area contributed by atoms with Crippen molar-refractivity contribution < 1.29 is 18.7 Å². The Morgan fingerprint density at radius 1 is 1.12 bits per heavy atom. The van der Waals surface area contributed by atoms with E-state index in [2.05, 4.69) is 5.32 Å². The number of rotatable bonds is 8. The summed E-state index contributed by atoms with van der Waals surface area (Å²) >= 11 is 0. The smallest absolute Gasteiger partial charge is 0.261 e. The zero-order chi connectivity index (χ0) is 18.2. The predicted octanol–water partition coefficient (Wildman–Crippen LogP) is 3.88. The van der Waals surface area contributed by atoms with Crippen molar-refractivity contribution in [2.24, 2.45) is 0 Å². The third-order valence-corrected chi connectivity index (χ3v) is 3.74. The first-order chi connectivity index (χ1) is 12.0. The van der Waals surface area contributed by atoms with E-state index in [4.69, 9.17) is 9.47 Å². The number of nitrogens with one attached hydrogen (secondary N) is 1. The quantitative estimate of drug-likeness (QED) is 0.790. The minimum atomic E-state index is -0.752. The van der Waals surface area contributed by atoms with Crippen molar-refractivity contribution in [3.05, 3.63) is 59.9 Å². The van der Waals surface area contributed by atoms with Crippen LogP contribution < -0.4 is 14.8 Å². The van der Waals surface area contributed by atoms with Gasteiger partial charge in [0.05, 0.1) is 6.04 Å². The molecule has 0 saturated heterocycles. The topological polar surface area (TPSA) is 47.6 Å². The maximum atomic E-state index is 13.7. The van der Waals surface area contributed by atoms with Crippen LogP contribution in [0.25, 0.3) is 0 Å². The lowest BCUT2D eigenvalue weighted by atomic mass is 10.2. The van der Waals surface area contributed by atoms with Gasteiger partial charge in [0.25, 0.3) is 5.91 Å². The average Bonchev–Trinajstić information content (AvgIpc) is 2.60. The van der Waals surface area contributed by atoms with E-state index in [1.54, 1.807) is 12.1 Å². The maximum Gasteiger partial charge on any atom is 0.261 e. The van der Waals surface area contributed by atoms with Gasteiger partial charge < -0.3 is 14.8 Å². The number of aryl methyl sites for hydroxylation is 1. The fourth-order valence-electron chi connectivity index (χ4n) is 2.33. The van der Waals surface area contributed by atoms with E-state index in [1.165, 1.54) is 12.1 Å². The highest BCUT2D eigenvalue weighted by Gasteiger charge is 2.21. The molecule has 2 rings (SSSR count). The van der Waals surface area contributed by atoms with E-state index >= 15 is 0 Å². The Morgan fingerprint density at radius 2 is 1.76 bits per heavy atom. The first-order valence-electron chi connectivity index (χ1n) is 8.41. The van der Waals surface area contributed by atoms with Gasteiger partial charge >= 0.3 is 0 Å². The number of para-hydroxylation sites is 2. The van der Waals surface area contributed by atoms with Crippen molar-refractivity contribution in [2.45, 2.75) is 39.3 Å². The monoisotopic (exact) mass is 345 g/mol. The molecule has 1 N–H and O–H groups in total. The van der Waals surface area contributed by atoms with Crippen molar-refractivity contribution in [2.75, 3.05) is 6.61 Å². The molecule has 0 aliphatic heterocycles. The molecular weight excluding hydrogens is 321 g/mol. The minimum Gasteiger partial charge on any atom is -0.491 e. The van der Waals surface area contributed by atoms with E-state index in [0.717, 1.165) is 11.3 Å². The molecule has 0 unspecified atom stereocenters. The van der Waals surface area contributed by atoms with Gasteiger partial charge in [0.15, 0.2) is 17.7 Å². The molecule has 1 amide bonds. The zero-order valence-electron chi connectivity index (χ0n) is 14.8. The second-order valence-electron chi connectivity index (χ2n) is 5.93. The summed E-state index contributed by atoms with van der Waals surface area (Å²) in [5.41, 5.74) is 1.04. The fraction of sp³-hybridized carbons (Fsp3) is 0.350. The van der Waals surface area contributed by atoms with Crippen LogP contribution in [0.4, 0.5) is 4.39 Å². The summed E-state index contributed by atoms with van der Waals surface area (Å²) in [6, 6.07) is 13.6. The van der Waals surface area contributed by atoms with Crippen LogP contribution in [0.15, 0.2) is 48.5 Å². The maximum absolute atomic E-state index is 13.7. The molecule has 4 nitrogen and oxygen atoms in total. The molecule has 0 aliphatic rings. The Morgan fingerprint density at radius 3 is 2.40 bits per heavy atom. The lowest BCUT2D eigenvalue weighted by molar-refractivity contribution is -0.129. The van der Waals surface area contributed by atoms with Crippen LogP contribution in [0.1, 0.15) is 25.8 Å². The fourth-order valence-corrected chi connectivity index (χ4v) is 2.33. The Bertz CT molecular complexity index is 705. The van der Waals surface area contributed by atoms with Gasteiger partial charge in [0, 0.05) is 0 Å². The molecule has 0 bridgehead atoms. The lowest BCUT2D eigenvalue weighted by Crippen LogP contribution is -2.44. The number of carbonyl (C=O) groups is 1. The van der Waals surface area contributed by atoms with Crippen molar-refractivity contribution >= 4 is 5.91 Å². The van der Waals surface area contributed by atoms with Crippen LogP contribution in [0, 0.1) is 12.7 Å². The largest absolute Gasteiger partial charge is 0.491 e. The lowest BCUT2D eigenvalue weighted by Gasteiger charge is -2.21. The van der Waals surface area contributed by atoms with Crippen LogP contribution in [-0.4, -0.2) is 24.7 Å². The van der Waals surface area contributed by atoms with Gasteiger partial charge in [0.1, 0.15) is 12.4 Å². The Labute approximate surface area is 148 Å². The highest BCUT2D eigenvalue weighted by molar-refractivity contribution is 5.81. The van der Waals surface area contributed by atoms with E-state index in [1.807, 2.05) is 45.0 Å². The molecule has 0 radical (unpaired) electrons. The van der Waals surface area contributed by atoms with Crippen LogP contribution in [0.2, 0.25) is 0 Å². The number of hydrogen-bond donors (Lipinski definition) is 1. The number of halogens is 1. The third kappa shape index (κ3) is 5.48. The molecule has 0 heterocycles. The molecule has 25 heavy (non-hydrogen) atoms. The minimum absolute atomic E-state index is 0.0771. The van der Waals surface area contributed by atoms with Gasteiger partial charge in [-0.3, -0.25) is 4.79 Å². The van der Waals surface area contributed by atoms with Crippen LogP contribution in [-0.2, 0) is 4.79 Å². The first-order valence-corrected chi connectivity index (χ1v) is 8.41. The van der Waals surface area contributed by atoms with E-state index in [0.29, 0.717) is 13.0 Å². The normalized spacial score (nSPS) is 13.0. The van der Waals surface area contributed by atoms with Gasteiger partial charge in [0.2, 0.25) is 0 Å². The summed E-state index contributed by atoms with van der Waals surface area (Å²) in [6.45, 7) is 5.98. The predicted molar refractivity (Wildman–Crippen MR) is 95.4 cm³/mol. The molecule has 0 saturated carbocycles. The second kappa shape index (κ2) is 9.06. The highest BCUT2D eigenvalue weighted by atomic mass is 19.1. The highest BCUT2D eigenvalue weighted by Crippen LogP contribution is 2.18. The summed E-state index contributed by atoms with van der Waals surface area (Å²) in [4.78, 5) is 12.4. The summed E-state index contributed by atoms with van der Waals surface area (Å²) in [5.74, 6) is 0.0999. The number of benzene rings is 2. The SMILES string of the molecule is CC[C@@H](Oc1ccccc1F)C(=O)N[C@H](C)COc1ccccc1C. The summed E-state index contributed by atoms with van der Waals surface area (Å²) in [5, 5.41) is 2.85. The molecular formula is C20H24FNO3. The zero-order valence-corrected chi connectivity index (χ0v) is 14.8. The number of ether oxygens (including phenoxy) is 2. The van der Waals surface area contributed by atoms with Crippen molar-refractivity contribution in [1.29, 1.82) is 0 Å². The molecule has 2 aromatic carbocycles. The Balaban J connectivity index is 1.88. The third-order valence-electron chi connectivity index (χ3n) is 3.74. The number of amides is 1. The number of carbonyl (C=O) groups excluding carboxylic acids is 1. The van der Waals surface area contributed by atoms with E-state index < -0.39 is 11.9 Å². The average molecular weight is 345 g/mol. The summed E-state index contributed by atoms with van der Waals surface area (Å²) < 4.78 is 24.9. The summed E-state index contributed by atoms with van der Waals surface area (Å²) in [7, 11) is 0. The molecule has 2 atom stereocenters. The van der Waals surface area contributed by atoms with Crippen LogP contribution in [0.5, 0.6) is 11.5 Å². The summed E-state index contributed by atoms with van der Waals surface area (Å²) in [6.07, 6.45) is -0.316. The van der Waals surface area contributed by atoms with Gasteiger partial charge in [-0.25, -0.2) is 4.39 Å². The van der Waals surface area contributed by atoms with Crippen LogP contribution in [0.3, 0.4) is 0 Å². The molecule has 2 aromatic rings. The van der Waals surface area contributed by atoms with Crippen molar-refractivity contribution in [1.82, 2.24) is 5.32 Å². The van der Waals surface area contributed by atoms with Gasteiger partial charge in [-0.05, 0) is 44.0 Å². The van der Waals surface area contributed by atoms with Crippen molar-refractivity contribution in [3.63, 3.8) is 0 Å². The van der Waals surface area contributed by atoms with E-state index in [-0.39, 0.29) is 17.7 Å².